The molecule has 0 aromatic carbocycles. The molecule has 0 heterocycles. The summed E-state index contributed by atoms with van der Waals surface area (Å²) in [5, 5.41) is 15.6. The Balaban J connectivity index is -0.000000125. The zero-order chi connectivity index (χ0) is 4.83. The Morgan fingerprint density at radius 3 is 1.25 bits per heavy atom. The Bertz CT molecular complexity index is 28.0. The van der Waals surface area contributed by atoms with Gasteiger partial charge in [0.2, 0.25) is 0 Å². The third kappa shape index (κ3) is 16.1. The van der Waals surface area contributed by atoms with Gasteiger partial charge in [-0.05, 0) is 0 Å². The van der Waals surface area contributed by atoms with Gasteiger partial charge in [-0.3, -0.25) is 0 Å². The topological polar surface area (TPSA) is 64.5 Å². The first kappa shape index (κ1) is 15.8. The van der Waals surface area contributed by atoms with E-state index in [2.05, 4.69) is 0 Å². The Morgan fingerprint density at radius 1 is 0.875 bits per heavy atom. The molecule has 0 aromatic rings. The highest BCUT2D eigenvalue weighted by atomic mass is 35.5. The van der Waals surface area contributed by atoms with Crippen LogP contribution in [-0.4, -0.2) is 23.5 Å². The molecule has 0 bridgehead atoms. The van der Waals surface area contributed by atoms with Gasteiger partial charge in [-0.2, -0.15) is 0 Å². The number of nitrogens with one attached hydrogen (secondary N) is 2. The maximum absolute atomic E-state index is 7.80. The van der Waals surface area contributed by atoms with Crippen LogP contribution in [0.5, 0.6) is 0 Å². The Kier molecular flexibility index (Phi) is 30.9. The van der Waals surface area contributed by atoms with Crippen LogP contribution in [-0.2, 0) is 0 Å². The van der Waals surface area contributed by atoms with Gasteiger partial charge >= 0.3 is 0 Å². The van der Waals surface area contributed by atoms with Crippen molar-refractivity contribution in [3.05, 3.63) is 0 Å². The van der Waals surface area contributed by atoms with Crippen LogP contribution in [0.25, 0.3) is 0 Å². The number of rotatable bonds is 3. The molecule has 4 N–H and O–H groups in total. The second kappa shape index (κ2) is 15.7. The molecule has 0 unspecified atom stereocenters. The van der Waals surface area contributed by atoms with Gasteiger partial charge in [0.25, 0.3) is 0 Å². The molecule has 0 rings (SSSR count). The lowest BCUT2D eigenvalue weighted by molar-refractivity contribution is 0.126. The van der Waals surface area contributed by atoms with E-state index in [9.17, 15) is 0 Å². The zero-order valence-corrected chi connectivity index (χ0v) is 5.76. The predicted octanol–water partition coefficient (Wildman–Crippen LogP) is -0.212. The quantitative estimate of drug-likeness (QED) is 0.345. The van der Waals surface area contributed by atoms with Crippen LogP contribution in [0.3, 0.4) is 0 Å². The molecule has 54 valence electrons. The van der Waals surface area contributed by atoms with Crippen molar-refractivity contribution >= 4 is 24.8 Å². The van der Waals surface area contributed by atoms with Crippen molar-refractivity contribution in [2.75, 3.05) is 13.1 Å². The van der Waals surface area contributed by atoms with Crippen molar-refractivity contribution < 1.29 is 10.4 Å². The van der Waals surface area contributed by atoms with Crippen molar-refractivity contribution in [1.29, 1.82) is 0 Å². The first-order valence-corrected chi connectivity index (χ1v) is 1.65. The van der Waals surface area contributed by atoms with Gasteiger partial charge in [0.1, 0.15) is 0 Å². The van der Waals surface area contributed by atoms with E-state index in [1.54, 1.807) is 0 Å². The van der Waals surface area contributed by atoms with Gasteiger partial charge in [-0.15, -0.1) is 24.8 Å². The lowest BCUT2D eigenvalue weighted by Crippen LogP contribution is -2.22. The monoisotopic (exact) mass is 164 g/mol. The third-order valence-electron chi connectivity index (χ3n) is 0.349. The maximum Gasteiger partial charge on any atom is 0.0355 e. The van der Waals surface area contributed by atoms with E-state index >= 15 is 0 Å². The lowest BCUT2D eigenvalue weighted by atomic mass is 10.7. The first-order chi connectivity index (χ1) is 2.91. The molecule has 6 heteroatoms. The van der Waals surface area contributed by atoms with Crippen LogP contribution in [0.1, 0.15) is 0 Å². The molecule has 0 spiro atoms. The van der Waals surface area contributed by atoms with Gasteiger partial charge in [0.05, 0.1) is 0 Å². The van der Waals surface area contributed by atoms with E-state index in [1.165, 1.54) is 0 Å². The van der Waals surface area contributed by atoms with Gasteiger partial charge in [0.15, 0.2) is 0 Å². The molecular formula is C2H10Cl2N2O2. The highest BCUT2D eigenvalue weighted by molar-refractivity contribution is 5.85. The van der Waals surface area contributed by atoms with Crippen molar-refractivity contribution in [1.82, 2.24) is 11.0 Å². The first-order valence-electron chi connectivity index (χ1n) is 1.65. The predicted molar refractivity (Wildman–Crippen MR) is 34.1 cm³/mol. The van der Waals surface area contributed by atoms with Crippen LogP contribution >= 0.6 is 24.8 Å². The van der Waals surface area contributed by atoms with Crippen LogP contribution < -0.4 is 11.0 Å². The third-order valence-corrected chi connectivity index (χ3v) is 0.349. The minimum absolute atomic E-state index is 0. The van der Waals surface area contributed by atoms with Crippen molar-refractivity contribution in [2.24, 2.45) is 0 Å². The summed E-state index contributed by atoms with van der Waals surface area (Å²) >= 11 is 0. The van der Waals surface area contributed by atoms with Crippen molar-refractivity contribution in [2.45, 2.75) is 0 Å². The largest absolute Gasteiger partial charge is 0.317 e. The summed E-state index contributed by atoms with van der Waals surface area (Å²) in [4.78, 5) is 0. The van der Waals surface area contributed by atoms with Crippen LogP contribution in [0.4, 0.5) is 0 Å². The molecule has 0 aliphatic rings. The van der Waals surface area contributed by atoms with Crippen molar-refractivity contribution in [3.8, 4) is 0 Å². The Labute approximate surface area is 60.0 Å². The summed E-state index contributed by atoms with van der Waals surface area (Å²) in [6, 6.07) is 0. The zero-order valence-electron chi connectivity index (χ0n) is 4.13. The summed E-state index contributed by atoms with van der Waals surface area (Å²) in [6.07, 6.45) is 0. The van der Waals surface area contributed by atoms with E-state index in [1.807, 2.05) is 11.0 Å². The van der Waals surface area contributed by atoms with Gasteiger partial charge in [-0.1, -0.05) is 0 Å². The number of halogens is 2. The minimum Gasteiger partial charge on any atom is -0.317 e. The smallest absolute Gasteiger partial charge is 0.0355 e. The molecule has 0 aliphatic carbocycles. The van der Waals surface area contributed by atoms with E-state index in [0.717, 1.165) is 0 Å². The molecule has 0 radical (unpaired) electrons. The molecule has 0 saturated carbocycles. The molecule has 0 amide bonds. The average molecular weight is 165 g/mol. The van der Waals surface area contributed by atoms with Gasteiger partial charge in [-0.25, -0.2) is 11.0 Å². The fourth-order valence-corrected chi connectivity index (χ4v) is 0.112. The van der Waals surface area contributed by atoms with Gasteiger partial charge in [0, 0.05) is 13.1 Å². The summed E-state index contributed by atoms with van der Waals surface area (Å²) in [7, 11) is 0. The normalized spacial score (nSPS) is 6.75. The Hall–Kier alpha value is 0.420. The SMILES string of the molecule is Cl.Cl.ONCCNO. The van der Waals surface area contributed by atoms with E-state index < -0.39 is 0 Å². The van der Waals surface area contributed by atoms with E-state index in [0.29, 0.717) is 13.1 Å². The molecule has 0 aromatic heterocycles. The number of hydroxylamine groups is 2. The lowest BCUT2D eigenvalue weighted by Gasteiger charge is -1.90. The Morgan fingerprint density at radius 2 is 1.12 bits per heavy atom. The highest BCUT2D eigenvalue weighted by Crippen LogP contribution is 1.44. The van der Waals surface area contributed by atoms with E-state index in [4.69, 9.17) is 10.4 Å². The summed E-state index contributed by atoms with van der Waals surface area (Å²) < 4.78 is 0. The highest BCUT2D eigenvalue weighted by Gasteiger charge is 1.73. The average Bonchev–Trinajstić information content (AvgIpc) is 1.61. The van der Waals surface area contributed by atoms with Crippen molar-refractivity contribution in [3.63, 3.8) is 0 Å². The molecule has 8 heavy (non-hydrogen) atoms. The van der Waals surface area contributed by atoms with E-state index in [-0.39, 0.29) is 24.8 Å². The number of hydrogen-bond donors (Lipinski definition) is 4. The molecule has 0 fully saturated rings. The van der Waals surface area contributed by atoms with Crippen LogP contribution in [0.15, 0.2) is 0 Å². The van der Waals surface area contributed by atoms with Crippen LogP contribution in [0, 0.1) is 0 Å². The maximum atomic E-state index is 7.80. The minimum atomic E-state index is 0. The van der Waals surface area contributed by atoms with Crippen LogP contribution in [0.2, 0.25) is 0 Å². The second-order valence-electron chi connectivity index (χ2n) is 0.816. The standard InChI is InChI=1S/C2H8N2O2.2ClH/c5-3-1-2-4-6;;/h3-6H,1-2H2;2*1H. The summed E-state index contributed by atoms with van der Waals surface area (Å²) in [6.45, 7) is 0.715. The fraction of sp³-hybridized carbons (Fsp3) is 1.00. The molecule has 4 nitrogen and oxygen atoms in total. The van der Waals surface area contributed by atoms with Gasteiger partial charge < -0.3 is 10.4 Å². The fourth-order valence-electron chi connectivity index (χ4n) is 0.112. The molecular weight excluding hydrogens is 155 g/mol. The molecule has 0 atom stereocenters. The summed E-state index contributed by atoms with van der Waals surface area (Å²) in [5.41, 5.74) is 3.69. The number of hydrogen-bond acceptors (Lipinski definition) is 4. The summed E-state index contributed by atoms with van der Waals surface area (Å²) in [5.74, 6) is 0. The molecule has 0 aliphatic heterocycles. The second-order valence-corrected chi connectivity index (χ2v) is 0.816. The molecule has 0 saturated heterocycles.